The Hall–Kier alpha value is -1.22. The van der Waals surface area contributed by atoms with Crippen LogP contribution < -0.4 is 4.74 Å². The van der Waals surface area contributed by atoms with E-state index in [1.807, 2.05) is 12.1 Å². The molecule has 0 heterocycles. The smallest absolute Gasteiger partial charge is 0.162 e. The molecule has 0 radical (unpaired) electrons. The summed E-state index contributed by atoms with van der Waals surface area (Å²) < 4.78 is 5.16. The maximum atomic E-state index is 10.1. The first-order valence-corrected chi connectivity index (χ1v) is 7.19. The molecule has 0 aromatic heterocycles. The Morgan fingerprint density at radius 2 is 2.00 bits per heavy atom. The van der Waals surface area contributed by atoms with Crippen LogP contribution in [0.25, 0.3) is 0 Å². The van der Waals surface area contributed by atoms with E-state index in [-0.39, 0.29) is 5.75 Å². The van der Waals surface area contributed by atoms with Crippen LogP contribution in [-0.2, 0) is 6.54 Å². The number of aromatic hydroxyl groups is 1. The van der Waals surface area contributed by atoms with E-state index in [9.17, 15) is 5.11 Å². The topological polar surface area (TPSA) is 32.7 Å². The standard InChI is InChI=1S/C16H27NO2/c1-5-6-7-11-17(13(2)3)12-14-9-8-10-15(19-4)16(14)18/h8-10,13,18H,5-7,11-12H2,1-4H3. The average molecular weight is 265 g/mol. The molecule has 0 saturated heterocycles. The fourth-order valence-electron chi connectivity index (χ4n) is 2.16. The van der Waals surface area contributed by atoms with Crippen molar-refractivity contribution in [2.45, 2.75) is 52.6 Å². The summed E-state index contributed by atoms with van der Waals surface area (Å²) in [6, 6.07) is 6.16. The molecular formula is C16H27NO2. The van der Waals surface area contributed by atoms with E-state index in [1.54, 1.807) is 13.2 Å². The van der Waals surface area contributed by atoms with Gasteiger partial charge in [0.15, 0.2) is 11.5 Å². The molecule has 3 heteroatoms. The number of benzene rings is 1. The van der Waals surface area contributed by atoms with E-state index in [2.05, 4.69) is 25.7 Å². The van der Waals surface area contributed by atoms with Gasteiger partial charge in [-0.1, -0.05) is 31.9 Å². The SMILES string of the molecule is CCCCCN(Cc1cccc(OC)c1O)C(C)C. The van der Waals surface area contributed by atoms with Gasteiger partial charge in [-0.3, -0.25) is 4.90 Å². The number of hydrogen-bond acceptors (Lipinski definition) is 3. The largest absolute Gasteiger partial charge is 0.504 e. The maximum absolute atomic E-state index is 10.1. The molecule has 108 valence electrons. The minimum absolute atomic E-state index is 0.270. The van der Waals surface area contributed by atoms with Crippen molar-refractivity contribution < 1.29 is 9.84 Å². The van der Waals surface area contributed by atoms with E-state index in [0.717, 1.165) is 18.7 Å². The van der Waals surface area contributed by atoms with Crippen LogP contribution >= 0.6 is 0 Å². The number of phenols is 1. The minimum atomic E-state index is 0.270. The Balaban J connectivity index is 2.73. The van der Waals surface area contributed by atoms with Crippen LogP contribution in [0, 0.1) is 0 Å². The van der Waals surface area contributed by atoms with Gasteiger partial charge in [-0.2, -0.15) is 0 Å². The van der Waals surface area contributed by atoms with Gasteiger partial charge in [0.1, 0.15) is 0 Å². The lowest BCUT2D eigenvalue weighted by molar-refractivity contribution is 0.205. The second kappa shape index (κ2) is 8.05. The van der Waals surface area contributed by atoms with Gasteiger partial charge in [-0.05, 0) is 32.9 Å². The quantitative estimate of drug-likeness (QED) is 0.726. The van der Waals surface area contributed by atoms with Crippen molar-refractivity contribution in [2.75, 3.05) is 13.7 Å². The molecule has 1 aromatic rings. The van der Waals surface area contributed by atoms with Crippen LogP contribution in [0.2, 0.25) is 0 Å². The normalized spacial score (nSPS) is 11.3. The van der Waals surface area contributed by atoms with E-state index in [1.165, 1.54) is 19.3 Å². The van der Waals surface area contributed by atoms with Gasteiger partial charge >= 0.3 is 0 Å². The summed E-state index contributed by atoms with van der Waals surface area (Å²) in [6.45, 7) is 8.45. The van der Waals surface area contributed by atoms with E-state index in [0.29, 0.717) is 11.8 Å². The molecule has 1 aromatic carbocycles. The molecule has 0 aliphatic heterocycles. The fourth-order valence-corrected chi connectivity index (χ4v) is 2.16. The van der Waals surface area contributed by atoms with Gasteiger partial charge < -0.3 is 9.84 Å². The van der Waals surface area contributed by atoms with Crippen LogP contribution in [-0.4, -0.2) is 29.7 Å². The highest BCUT2D eigenvalue weighted by molar-refractivity contribution is 5.45. The van der Waals surface area contributed by atoms with Gasteiger partial charge in [-0.25, -0.2) is 0 Å². The Kier molecular flexibility index (Phi) is 6.71. The highest BCUT2D eigenvalue weighted by Gasteiger charge is 2.14. The molecule has 0 spiro atoms. The van der Waals surface area contributed by atoms with Crippen molar-refractivity contribution in [3.8, 4) is 11.5 Å². The predicted molar refractivity (Wildman–Crippen MR) is 79.7 cm³/mol. The highest BCUT2D eigenvalue weighted by Crippen LogP contribution is 2.30. The number of phenolic OH excluding ortho intramolecular Hbond substituents is 1. The molecule has 3 nitrogen and oxygen atoms in total. The van der Waals surface area contributed by atoms with Crippen LogP contribution in [0.5, 0.6) is 11.5 Å². The lowest BCUT2D eigenvalue weighted by atomic mass is 10.1. The van der Waals surface area contributed by atoms with Crippen molar-refractivity contribution in [3.63, 3.8) is 0 Å². The second-order valence-corrected chi connectivity index (χ2v) is 5.24. The highest BCUT2D eigenvalue weighted by atomic mass is 16.5. The zero-order chi connectivity index (χ0) is 14.3. The van der Waals surface area contributed by atoms with Gasteiger partial charge in [0, 0.05) is 18.2 Å². The molecule has 0 amide bonds. The predicted octanol–water partition coefficient (Wildman–Crippen LogP) is 3.80. The number of ether oxygens (including phenoxy) is 1. The number of nitrogens with zero attached hydrogens (tertiary/aromatic N) is 1. The first-order chi connectivity index (χ1) is 9.10. The average Bonchev–Trinajstić information content (AvgIpc) is 2.39. The van der Waals surface area contributed by atoms with Crippen molar-refractivity contribution in [1.29, 1.82) is 0 Å². The van der Waals surface area contributed by atoms with Crippen LogP contribution in [0.4, 0.5) is 0 Å². The van der Waals surface area contributed by atoms with Crippen molar-refractivity contribution in [3.05, 3.63) is 23.8 Å². The first-order valence-electron chi connectivity index (χ1n) is 7.19. The van der Waals surface area contributed by atoms with E-state index in [4.69, 9.17) is 4.74 Å². The first kappa shape index (κ1) is 15.8. The summed E-state index contributed by atoms with van der Waals surface area (Å²) in [5.74, 6) is 0.820. The van der Waals surface area contributed by atoms with Crippen LogP contribution in [0.3, 0.4) is 0 Å². The molecule has 0 aliphatic rings. The zero-order valence-electron chi connectivity index (χ0n) is 12.6. The summed E-state index contributed by atoms with van der Waals surface area (Å²) in [5, 5.41) is 10.1. The fraction of sp³-hybridized carbons (Fsp3) is 0.625. The minimum Gasteiger partial charge on any atom is -0.504 e. The van der Waals surface area contributed by atoms with E-state index < -0.39 is 0 Å². The molecule has 1 rings (SSSR count). The molecule has 0 aliphatic carbocycles. The number of unbranched alkanes of at least 4 members (excludes halogenated alkanes) is 2. The number of rotatable bonds is 8. The lowest BCUT2D eigenvalue weighted by Crippen LogP contribution is -2.31. The molecule has 19 heavy (non-hydrogen) atoms. The summed E-state index contributed by atoms with van der Waals surface area (Å²) in [4.78, 5) is 2.39. The van der Waals surface area contributed by atoms with Gasteiger partial charge in [0.2, 0.25) is 0 Å². The summed E-state index contributed by atoms with van der Waals surface area (Å²) >= 11 is 0. The zero-order valence-corrected chi connectivity index (χ0v) is 12.6. The van der Waals surface area contributed by atoms with Crippen LogP contribution in [0.15, 0.2) is 18.2 Å². The Labute approximate surface area is 117 Å². The second-order valence-electron chi connectivity index (χ2n) is 5.24. The monoisotopic (exact) mass is 265 g/mol. The number of para-hydroxylation sites is 1. The molecule has 0 bridgehead atoms. The van der Waals surface area contributed by atoms with Gasteiger partial charge in [-0.15, -0.1) is 0 Å². The number of hydrogen-bond donors (Lipinski definition) is 1. The lowest BCUT2D eigenvalue weighted by Gasteiger charge is -2.27. The molecular weight excluding hydrogens is 238 g/mol. The Bertz CT molecular complexity index is 377. The molecule has 1 N–H and O–H groups in total. The summed E-state index contributed by atoms with van der Waals surface area (Å²) in [7, 11) is 1.58. The Morgan fingerprint density at radius 3 is 2.58 bits per heavy atom. The van der Waals surface area contributed by atoms with Crippen molar-refractivity contribution in [1.82, 2.24) is 4.90 Å². The molecule has 0 saturated carbocycles. The summed E-state index contributed by atoms with van der Waals surface area (Å²) in [6.07, 6.45) is 3.70. The van der Waals surface area contributed by atoms with Gasteiger partial charge in [0.05, 0.1) is 7.11 Å². The molecule has 0 atom stereocenters. The third kappa shape index (κ3) is 4.75. The van der Waals surface area contributed by atoms with Crippen molar-refractivity contribution >= 4 is 0 Å². The number of methoxy groups -OCH3 is 1. The van der Waals surface area contributed by atoms with Crippen LogP contribution in [0.1, 0.15) is 45.6 Å². The molecule has 0 unspecified atom stereocenters. The van der Waals surface area contributed by atoms with Crippen molar-refractivity contribution in [2.24, 2.45) is 0 Å². The Morgan fingerprint density at radius 1 is 1.26 bits per heavy atom. The molecule has 0 fully saturated rings. The third-order valence-electron chi connectivity index (χ3n) is 3.46. The third-order valence-corrected chi connectivity index (χ3v) is 3.46. The van der Waals surface area contributed by atoms with E-state index >= 15 is 0 Å². The van der Waals surface area contributed by atoms with Gasteiger partial charge in [0.25, 0.3) is 0 Å². The maximum Gasteiger partial charge on any atom is 0.162 e. The summed E-state index contributed by atoms with van der Waals surface area (Å²) in [5.41, 5.74) is 0.935.